The van der Waals surface area contributed by atoms with Crippen LogP contribution in [-0.4, -0.2) is 20.0 Å². The van der Waals surface area contributed by atoms with Crippen LogP contribution < -0.4 is 0 Å². The van der Waals surface area contributed by atoms with Crippen molar-refractivity contribution in [3.8, 4) is 0 Å². The molecule has 0 heterocycles. The first-order valence-corrected chi connectivity index (χ1v) is 6.20. The third-order valence-electron chi connectivity index (χ3n) is 2.99. The van der Waals surface area contributed by atoms with Gasteiger partial charge in [-0.1, -0.05) is 33.6 Å². The van der Waals surface area contributed by atoms with Gasteiger partial charge in [0, 0.05) is 27.1 Å². The average Bonchev–Trinajstić information content (AvgIpc) is 2.23. The van der Waals surface area contributed by atoms with Crippen LogP contribution in [0.2, 0.25) is 0 Å². The number of ether oxygens (including phenoxy) is 2. The summed E-state index contributed by atoms with van der Waals surface area (Å²) in [6.45, 7) is 6.71. The lowest BCUT2D eigenvalue weighted by atomic mass is 9.98. The van der Waals surface area contributed by atoms with E-state index in [0.717, 1.165) is 18.8 Å². The molecule has 0 saturated carbocycles. The van der Waals surface area contributed by atoms with Gasteiger partial charge in [0.25, 0.3) is 0 Å². The van der Waals surface area contributed by atoms with Crippen molar-refractivity contribution >= 4 is 0 Å². The molecule has 0 N–H and O–H groups in total. The summed E-state index contributed by atoms with van der Waals surface area (Å²) in [4.78, 5) is 0. The van der Waals surface area contributed by atoms with Gasteiger partial charge in [-0.3, -0.25) is 0 Å². The van der Waals surface area contributed by atoms with Gasteiger partial charge >= 0.3 is 0 Å². The normalized spacial score (nSPS) is 12.4. The zero-order valence-electron chi connectivity index (χ0n) is 11.1. The van der Waals surface area contributed by atoms with Gasteiger partial charge in [-0.2, -0.15) is 0 Å². The molecule has 2 heteroatoms. The van der Waals surface area contributed by atoms with E-state index >= 15 is 0 Å². The Balaban J connectivity index is 3.99. The molecule has 0 radical (unpaired) electrons. The predicted octanol–water partition coefficient (Wildman–Crippen LogP) is 3.99. The number of methoxy groups -OCH3 is 2. The minimum atomic E-state index is -0.328. The maximum Gasteiger partial charge on any atom is 0.167 e. The number of hydrogen-bond acceptors (Lipinski definition) is 2. The van der Waals surface area contributed by atoms with Crippen molar-refractivity contribution in [3.05, 3.63) is 0 Å². The SMILES string of the molecule is CCCCC(CCCC(C)C)(OC)OC. The Morgan fingerprint density at radius 2 is 1.53 bits per heavy atom. The monoisotopic (exact) mass is 216 g/mol. The molecular weight excluding hydrogens is 188 g/mol. The molecule has 0 aliphatic carbocycles. The van der Waals surface area contributed by atoms with Gasteiger partial charge in [0.15, 0.2) is 5.79 Å². The van der Waals surface area contributed by atoms with Crippen LogP contribution in [0, 0.1) is 5.92 Å². The van der Waals surface area contributed by atoms with Crippen molar-refractivity contribution < 1.29 is 9.47 Å². The van der Waals surface area contributed by atoms with E-state index in [1.807, 2.05) is 0 Å². The Bertz CT molecular complexity index is 139. The van der Waals surface area contributed by atoms with Gasteiger partial charge in [-0.25, -0.2) is 0 Å². The molecule has 0 unspecified atom stereocenters. The van der Waals surface area contributed by atoms with Crippen molar-refractivity contribution in [3.63, 3.8) is 0 Å². The number of unbranched alkanes of at least 4 members (excludes halogenated alkanes) is 1. The summed E-state index contributed by atoms with van der Waals surface area (Å²) in [6.07, 6.45) is 6.82. The highest BCUT2D eigenvalue weighted by Gasteiger charge is 2.27. The Morgan fingerprint density at radius 3 is 1.93 bits per heavy atom. The largest absolute Gasteiger partial charge is 0.353 e. The van der Waals surface area contributed by atoms with Crippen molar-refractivity contribution in [2.75, 3.05) is 14.2 Å². The highest BCUT2D eigenvalue weighted by atomic mass is 16.7. The molecule has 0 atom stereocenters. The molecule has 0 aromatic heterocycles. The van der Waals surface area contributed by atoms with Crippen molar-refractivity contribution in [2.45, 2.75) is 65.1 Å². The second-order valence-electron chi connectivity index (χ2n) is 4.71. The van der Waals surface area contributed by atoms with Crippen LogP contribution in [-0.2, 0) is 9.47 Å². The minimum Gasteiger partial charge on any atom is -0.353 e. The van der Waals surface area contributed by atoms with E-state index in [2.05, 4.69) is 20.8 Å². The van der Waals surface area contributed by atoms with E-state index < -0.39 is 0 Å². The van der Waals surface area contributed by atoms with Crippen LogP contribution in [0.3, 0.4) is 0 Å². The zero-order chi connectivity index (χ0) is 11.7. The summed E-state index contributed by atoms with van der Waals surface area (Å²) in [5, 5.41) is 0. The third-order valence-corrected chi connectivity index (χ3v) is 2.99. The maximum atomic E-state index is 5.55. The molecule has 92 valence electrons. The topological polar surface area (TPSA) is 18.5 Å². The molecule has 0 fully saturated rings. The molecule has 0 rings (SSSR count). The summed E-state index contributed by atoms with van der Waals surface area (Å²) in [5.74, 6) is 0.438. The number of hydrogen-bond donors (Lipinski definition) is 0. The van der Waals surface area contributed by atoms with Crippen molar-refractivity contribution in [1.82, 2.24) is 0 Å². The summed E-state index contributed by atoms with van der Waals surface area (Å²) in [6, 6.07) is 0. The quantitative estimate of drug-likeness (QED) is 0.542. The van der Waals surface area contributed by atoms with Crippen molar-refractivity contribution in [1.29, 1.82) is 0 Å². The highest BCUT2D eigenvalue weighted by Crippen LogP contribution is 2.26. The van der Waals surface area contributed by atoms with Crippen LogP contribution in [0.15, 0.2) is 0 Å². The summed E-state index contributed by atoms with van der Waals surface area (Å²) >= 11 is 0. The predicted molar refractivity (Wildman–Crippen MR) is 65.0 cm³/mol. The average molecular weight is 216 g/mol. The van der Waals surface area contributed by atoms with Crippen molar-refractivity contribution in [2.24, 2.45) is 5.92 Å². The lowest BCUT2D eigenvalue weighted by Gasteiger charge is -2.31. The van der Waals surface area contributed by atoms with E-state index in [0.29, 0.717) is 0 Å². The van der Waals surface area contributed by atoms with Gasteiger partial charge in [0.05, 0.1) is 0 Å². The fraction of sp³-hybridized carbons (Fsp3) is 1.00. The summed E-state index contributed by atoms with van der Waals surface area (Å²) < 4.78 is 11.1. The van der Waals surface area contributed by atoms with E-state index in [4.69, 9.17) is 9.47 Å². The fourth-order valence-corrected chi connectivity index (χ4v) is 1.84. The van der Waals surface area contributed by atoms with Crippen LogP contribution >= 0.6 is 0 Å². The van der Waals surface area contributed by atoms with E-state index in [1.165, 1.54) is 25.7 Å². The van der Waals surface area contributed by atoms with Gasteiger partial charge in [-0.15, -0.1) is 0 Å². The maximum absolute atomic E-state index is 5.55. The molecule has 0 aliphatic rings. The van der Waals surface area contributed by atoms with Crippen LogP contribution in [0.1, 0.15) is 59.3 Å². The van der Waals surface area contributed by atoms with Gasteiger partial charge < -0.3 is 9.47 Å². The molecule has 0 saturated heterocycles. The standard InChI is InChI=1S/C13H28O2/c1-6-7-10-13(14-4,15-5)11-8-9-12(2)3/h12H,6-11H2,1-5H3. The van der Waals surface area contributed by atoms with Gasteiger partial charge in [-0.05, 0) is 18.8 Å². The second-order valence-corrected chi connectivity index (χ2v) is 4.71. The first-order chi connectivity index (χ1) is 7.10. The van der Waals surface area contributed by atoms with Gasteiger partial charge in [0.2, 0.25) is 0 Å². The molecular formula is C13H28O2. The summed E-state index contributed by atoms with van der Waals surface area (Å²) in [5.41, 5.74) is 0. The Morgan fingerprint density at radius 1 is 1.00 bits per heavy atom. The zero-order valence-corrected chi connectivity index (χ0v) is 11.1. The molecule has 0 aromatic carbocycles. The molecule has 0 spiro atoms. The minimum absolute atomic E-state index is 0.328. The molecule has 0 amide bonds. The van der Waals surface area contributed by atoms with Crippen LogP contribution in [0.4, 0.5) is 0 Å². The Hall–Kier alpha value is -0.0800. The summed E-state index contributed by atoms with van der Waals surface area (Å²) in [7, 11) is 3.52. The third kappa shape index (κ3) is 6.16. The lowest BCUT2D eigenvalue weighted by molar-refractivity contribution is -0.216. The molecule has 0 aromatic rings. The van der Waals surface area contributed by atoms with Crippen LogP contribution in [0.5, 0.6) is 0 Å². The molecule has 0 aliphatic heterocycles. The Kier molecular flexibility index (Phi) is 8.07. The van der Waals surface area contributed by atoms with Gasteiger partial charge in [0.1, 0.15) is 0 Å². The first kappa shape index (κ1) is 14.9. The van der Waals surface area contributed by atoms with E-state index in [9.17, 15) is 0 Å². The Labute approximate surface area is 95.3 Å². The molecule has 15 heavy (non-hydrogen) atoms. The first-order valence-electron chi connectivity index (χ1n) is 6.20. The highest BCUT2D eigenvalue weighted by molar-refractivity contribution is 4.69. The van der Waals surface area contributed by atoms with Crippen LogP contribution in [0.25, 0.3) is 0 Å². The second kappa shape index (κ2) is 8.12. The smallest absolute Gasteiger partial charge is 0.167 e. The van der Waals surface area contributed by atoms with E-state index in [-0.39, 0.29) is 5.79 Å². The fourth-order valence-electron chi connectivity index (χ4n) is 1.84. The number of rotatable bonds is 9. The molecule has 0 bridgehead atoms. The van der Waals surface area contributed by atoms with E-state index in [1.54, 1.807) is 14.2 Å². The lowest BCUT2D eigenvalue weighted by Crippen LogP contribution is -2.33. The molecule has 2 nitrogen and oxygen atoms in total.